The number of carbonyl (C=O) groups is 3. The molecule has 114 valence electrons. The molecule has 0 aliphatic carbocycles. The van der Waals surface area contributed by atoms with Crippen LogP contribution in [0.3, 0.4) is 0 Å². The Kier molecular flexibility index (Phi) is 6.44. The molecule has 1 fully saturated rings. The Morgan fingerprint density at radius 1 is 1.35 bits per heavy atom. The van der Waals surface area contributed by atoms with Gasteiger partial charge in [0.05, 0.1) is 12.5 Å². The van der Waals surface area contributed by atoms with E-state index < -0.39 is 23.8 Å². The van der Waals surface area contributed by atoms with Gasteiger partial charge in [0, 0.05) is 13.1 Å². The molecule has 0 aromatic heterocycles. The number of amides is 3. The number of carboxylic acid groups (broad SMARTS) is 1. The molecule has 0 aromatic carbocycles. The lowest BCUT2D eigenvalue weighted by Gasteiger charge is -2.29. The number of piperidine rings is 1. The summed E-state index contributed by atoms with van der Waals surface area (Å²) >= 11 is 0. The van der Waals surface area contributed by atoms with Crippen LogP contribution in [0.15, 0.2) is 0 Å². The fourth-order valence-electron chi connectivity index (χ4n) is 2.11. The molecule has 7 heteroatoms. The van der Waals surface area contributed by atoms with E-state index in [0.717, 1.165) is 6.42 Å². The van der Waals surface area contributed by atoms with Gasteiger partial charge in [-0.05, 0) is 25.3 Å². The van der Waals surface area contributed by atoms with Crippen LogP contribution in [0.5, 0.6) is 0 Å². The summed E-state index contributed by atoms with van der Waals surface area (Å²) < 4.78 is 0. The molecule has 20 heavy (non-hydrogen) atoms. The highest BCUT2D eigenvalue weighted by molar-refractivity contribution is 5.95. The average Bonchev–Trinajstić information content (AvgIpc) is 2.36. The molecule has 7 nitrogen and oxygen atoms in total. The zero-order chi connectivity index (χ0) is 15.1. The fraction of sp³-hybridized carbons (Fsp3) is 0.769. The molecule has 0 saturated carbocycles. The summed E-state index contributed by atoms with van der Waals surface area (Å²) in [6, 6.07) is -0.504. The molecule has 0 bridgehead atoms. The van der Waals surface area contributed by atoms with Gasteiger partial charge in [0.25, 0.3) is 0 Å². The second kappa shape index (κ2) is 7.84. The van der Waals surface area contributed by atoms with E-state index in [0.29, 0.717) is 32.0 Å². The van der Waals surface area contributed by atoms with Gasteiger partial charge < -0.3 is 10.4 Å². The smallest absolute Gasteiger partial charge is 0.321 e. The lowest BCUT2D eigenvalue weighted by Crippen LogP contribution is -2.48. The van der Waals surface area contributed by atoms with E-state index in [4.69, 9.17) is 5.11 Å². The predicted octanol–water partition coefficient (Wildman–Crippen LogP) is 0.265. The SMILES string of the molecule is CC(C)CNC(=O)NC(=O)CN1CCCC(C(=O)O)C1. The van der Waals surface area contributed by atoms with Gasteiger partial charge in [-0.1, -0.05) is 13.8 Å². The summed E-state index contributed by atoms with van der Waals surface area (Å²) in [5.41, 5.74) is 0. The van der Waals surface area contributed by atoms with E-state index in [9.17, 15) is 14.4 Å². The minimum Gasteiger partial charge on any atom is -0.481 e. The van der Waals surface area contributed by atoms with Crippen LogP contribution < -0.4 is 10.6 Å². The second-order valence-electron chi connectivity index (χ2n) is 5.56. The monoisotopic (exact) mass is 285 g/mol. The summed E-state index contributed by atoms with van der Waals surface area (Å²) in [7, 11) is 0. The molecule has 1 aliphatic rings. The topological polar surface area (TPSA) is 98.7 Å². The van der Waals surface area contributed by atoms with Crippen molar-refractivity contribution in [2.24, 2.45) is 11.8 Å². The number of carboxylic acids is 1. The maximum absolute atomic E-state index is 11.7. The number of urea groups is 1. The number of nitrogens with zero attached hydrogens (tertiary/aromatic N) is 1. The number of aliphatic carboxylic acids is 1. The zero-order valence-corrected chi connectivity index (χ0v) is 12.0. The molecule has 1 unspecified atom stereocenters. The van der Waals surface area contributed by atoms with Crippen molar-refractivity contribution in [2.45, 2.75) is 26.7 Å². The number of hydrogen-bond acceptors (Lipinski definition) is 4. The molecule has 0 radical (unpaired) electrons. The van der Waals surface area contributed by atoms with Gasteiger partial charge in [0.15, 0.2) is 0 Å². The molecular weight excluding hydrogens is 262 g/mol. The van der Waals surface area contributed by atoms with Crippen LogP contribution in [0.1, 0.15) is 26.7 Å². The maximum atomic E-state index is 11.7. The molecule has 1 heterocycles. The number of hydrogen-bond donors (Lipinski definition) is 3. The Bertz CT molecular complexity index is 371. The van der Waals surface area contributed by atoms with E-state index in [2.05, 4.69) is 10.6 Å². The van der Waals surface area contributed by atoms with E-state index in [1.807, 2.05) is 13.8 Å². The first-order valence-corrected chi connectivity index (χ1v) is 6.91. The van der Waals surface area contributed by atoms with Crippen molar-refractivity contribution in [1.82, 2.24) is 15.5 Å². The Balaban J connectivity index is 2.31. The number of likely N-dealkylation sites (tertiary alicyclic amines) is 1. The van der Waals surface area contributed by atoms with Crippen LogP contribution in [0.25, 0.3) is 0 Å². The standard InChI is InChI=1S/C13H23N3O4/c1-9(2)6-14-13(20)15-11(17)8-16-5-3-4-10(7-16)12(18)19/h9-10H,3-8H2,1-2H3,(H,18,19)(H2,14,15,17,20). The first-order chi connectivity index (χ1) is 9.38. The Hall–Kier alpha value is -1.63. The first-order valence-electron chi connectivity index (χ1n) is 6.91. The van der Waals surface area contributed by atoms with Gasteiger partial charge in [-0.3, -0.25) is 19.8 Å². The summed E-state index contributed by atoms with van der Waals surface area (Å²) in [6.45, 7) is 5.52. The van der Waals surface area contributed by atoms with Crippen LogP contribution >= 0.6 is 0 Å². The largest absolute Gasteiger partial charge is 0.481 e. The van der Waals surface area contributed by atoms with Gasteiger partial charge in [-0.2, -0.15) is 0 Å². The lowest BCUT2D eigenvalue weighted by atomic mass is 9.98. The molecule has 1 rings (SSSR count). The minimum absolute atomic E-state index is 0.0544. The van der Waals surface area contributed by atoms with Gasteiger partial charge in [0.1, 0.15) is 0 Å². The van der Waals surface area contributed by atoms with Crippen LogP contribution in [0.4, 0.5) is 4.79 Å². The van der Waals surface area contributed by atoms with Crippen LogP contribution in [-0.2, 0) is 9.59 Å². The molecule has 3 N–H and O–H groups in total. The van der Waals surface area contributed by atoms with Crippen molar-refractivity contribution in [2.75, 3.05) is 26.2 Å². The number of nitrogens with one attached hydrogen (secondary N) is 2. The third kappa shape index (κ3) is 6.01. The van der Waals surface area contributed by atoms with Crippen LogP contribution in [0, 0.1) is 11.8 Å². The average molecular weight is 285 g/mol. The Labute approximate surface area is 118 Å². The first kappa shape index (κ1) is 16.4. The second-order valence-corrected chi connectivity index (χ2v) is 5.56. The van der Waals surface area contributed by atoms with E-state index >= 15 is 0 Å². The third-order valence-electron chi connectivity index (χ3n) is 3.15. The highest BCUT2D eigenvalue weighted by Crippen LogP contribution is 2.15. The minimum atomic E-state index is -0.829. The molecule has 0 aromatic rings. The highest BCUT2D eigenvalue weighted by Gasteiger charge is 2.26. The molecular formula is C13H23N3O4. The summed E-state index contributed by atoms with van der Waals surface area (Å²) in [6.07, 6.45) is 1.39. The van der Waals surface area contributed by atoms with Crippen molar-refractivity contribution in [3.63, 3.8) is 0 Å². The maximum Gasteiger partial charge on any atom is 0.321 e. The van der Waals surface area contributed by atoms with Crippen molar-refractivity contribution in [3.8, 4) is 0 Å². The van der Waals surface area contributed by atoms with Gasteiger partial charge in [-0.15, -0.1) is 0 Å². The quantitative estimate of drug-likeness (QED) is 0.673. The highest BCUT2D eigenvalue weighted by atomic mass is 16.4. The predicted molar refractivity (Wildman–Crippen MR) is 73.2 cm³/mol. The number of rotatable bonds is 5. The molecule has 0 spiro atoms. The molecule has 1 atom stereocenters. The van der Waals surface area contributed by atoms with Crippen molar-refractivity contribution in [1.29, 1.82) is 0 Å². The van der Waals surface area contributed by atoms with Gasteiger partial charge in [0.2, 0.25) is 5.91 Å². The molecule has 3 amide bonds. The van der Waals surface area contributed by atoms with Gasteiger partial charge in [-0.25, -0.2) is 4.79 Å². The van der Waals surface area contributed by atoms with E-state index in [1.54, 1.807) is 4.90 Å². The normalized spacial score (nSPS) is 19.6. The van der Waals surface area contributed by atoms with Gasteiger partial charge >= 0.3 is 12.0 Å². The third-order valence-corrected chi connectivity index (χ3v) is 3.15. The Morgan fingerprint density at radius 3 is 2.65 bits per heavy atom. The summed E-state index contributed by atoms with van der Waals surface area (Å²) in [5.74, 6) is -1.34. The lowest BCUT2D eigenvalue weighted by molar-refractivity contribution is -0.144. The van der Waals surface area contributed by atoms with E-state index in [-0.39, 0.29) is 6.54 Å². The Morgan fingerprint density at radius 2 is 2.05 bits per heavy atom. The van der Waals surface area contributed by atoms with Crippen molar-refractivity contribution < 1.29 is 19.5 Å². The van der Waals surface area contributed by atoms with E-state index in [1.165, 1.54) is 0 Å². The van der Waals surface area contributed by atoms with Crippen LogP contribution in [0.2, 0.25) is 0 Å². The van der Waals surface area contributed by atoms with Crippen molar-refractivity contribution in [3.05, 3.63) is 0 Å². The zero-order valence-electron chi connectivity index (χ0n) is 12.0. The summed E-state index contributed by atoms with van der Waals surface area (Å²) in [5, 5.41) is 13.8. The van der Waals surface area contributed by atoms with Crippen LogP contribution in [-0.4, -0.2) is 54.1 Å². The molecule has 1 aliphatic heterocycles. The summed E-state index contributed by atoms with van der Waals surface area (Å²) in [4.78, 5) is 35.8. The fourth-order valence-corrected chi connectivity index (χ4v) is 2.11. The molecule has 1 saturated heterocycles. The van der Waals surface area contributed by atoms with Crippen molar-refractivity contribution >= 4 is 17.9 Å². The number of carbonyl (C=O) groups excluding carboxylic acids is 2. The number of imide groups is 1.